The van der Waals surface area contributed by atoms with Gasteiger partial charge < -0.3 is 9.73 Å². The summed E-state index contributed by atoms with van der Waals surface area (Å²) in [4.78, 5) is 8.11. The molecule has 4 nitrogen and oxygen atoms in total. The summed E-state index contributed by atoms with van der Waals surface area (Å²) in [7, 11) is 0. The first-order valence-corrected chi connectivity index (χ1v) is 6.95. The fraction of sp³-hybridized carbons (Fsp3) is 0.250. The van der Waals surface area contributed by atoms with E-state index in [1.807, 2.05) is 6.07 Å². The standard InChI is InChI=1S/C16H16FN3O/c1-2-5-20-16(12-8-18-10-19-9-12)15-7-11-6-13(17)3-4-14(11)21-15/h3-4,6-10,16,20H,2,5H2,1H3. The van der Waals surface area contributed by atoms with Crippen LogP contribution in [0.3, 0.4) is 0 Å². The third-order valence-corrected chi connectivity index (χ3v) is 3.29. The van der Waals surface area contributed by atoms with Crippen LogP contribution in [-0.2, 0) is 0 Å². The first-order valence-electron chi connectivity index (χ1n) is 6.95. The molecule has 108 valence electrons. The van der Waals surface area contributed by atoms with E-state index < -0.39 is 0 Å². The van der Waals surface area contributed by atoms with Gasteiger partial charge in [0.05, 0.1) is 6.04 Å². The number of hydrogen-bond donors (Lipinski definition) is 1. The van der Waals surface area contributed by atoms with Gasteiger partial charge in [0.25, 0.3) is 0 Å². The van der Waals surface area contributed by atoms with Crippen LogP contribution in [0.25, 0.3) is 11.0 Å². The molecule has 2 aromatic heterocycles. The van der Waals surface area contributed by atoms with Crippen LogP contribution >= 0.6 is 0 Å². The van der Waals surface area contributed by atoms with Gasteiger partial charge in [-0.05, 0) is 37.2 Å². The molecule has 1 unspecified atom stereocenters. The molecule has 0 saturated heterocycles. The molecule has 0 aliphatic rings. The summed E-state index contributed by atoms with van der Waals surface area (Å²) in [5.74, 6) is 0.467. The first kappa shape index (κ1) is 13.7. The highest BCUT2D eigenvalue weighted by Crippen LogP contribution is 2.28. The smallest absolute Gasteiger partial charge is 0.134 e. The predicted octanol–water partition coefficient (Wildman–Crippen LogP) is 3.45. The van der Waals surface area contributed by atoms with Crippen molar-refractivity contribution in [3.8, 4) is 0 Å². The first-order chi connectivity index (χ1) is 10.3. The SMILES string of the molecule is CCCNC(c1cncnc1)c1cc2cc(F)ccc2o1. The number of rotatable bonds is 5. The third kappa shape index (κ3) is 2.92. The van der Waals surface area contributed by atoms with Crippen molar-refractivity contribution >= 4 is 11.0 Å². The molecular formula is C16H16FN3O. The summed E-state index contributed by atoms with van der Waals surface area (Å²) >= 11 is 0. The largest absolute Gasteiger partial charge is 0.459 e. The summed E-state index contributed by atoms with van der Waals surface area (Å²) in [6, 6.07) is 6.24. The molecule has 0 aliphatic carbocycles. The quantitative estimate of drug-likeness (QED) is 0.780. The van der Waals surface area contributed by atoms with Gasteiger partial charge >= 0.3 is 0 Å². The number of furan rings is 1. The van der Waals surface area contributed by atoms with Crippen molar-refractivity contribution in [1.82, 2.24) is 15.3 Å². The molecule has 1 N–H and O–H groups in total. The van der Waals surface area contributed by atoms with Crippen LogP contribution in [0.5, 0.6) is 0 Å². The minimum absolute atomic E-state index is 0.137. The predicted molar refractivity (Wildman–Crippen MR) is 78.3 cm³/mol. The van der Waals surface area contributed by atoms with E-state index in [-0.39, 0.29) is 11.9 Å². The van der Waals surface area contributed by atoms with Crippen molar-refractivity contribution in [2.45, 2.75) is 19.4 Å². The van der Waals surface area contributed by atoms with E-state index in [0.717, 1.165) is 29.7 Å². The number of nitrogens with zero attached hydrogens (tertiary/aromatic N) is 2. The molecule has 1 atom stereocenters. The number of benzene rings is 1. The van der Waals surface area contributed by atoms with Gasteiger partial charge in [0.1, 0.15) is 23.5 Å². The molecule has 5 heteroatoms. The Morgan fingerprint density at radius 2 is 2.05 bits per heavy atom. The summed E-state index contributed by atoms with van der Waals surface area (Å²) in [6.45, 7) is 2.94. The van der Waals surface area contributed by atoms with E-state index in [1.165, 1.54) is 18.5 Å². The van der Waals surface area contributed by atoms with Crippen LogP contribution in [-0.4, -0.2) is 16.5 Å². The maximum absolute atomic E-state index is 13.3. The van der Waals surface area contributed by atoms with Crippen LogP contribution in [0.15, 0.2) is 47.4 Å². The number of hydrogen-bond acceptors (Lipinski definition) is 4. The van der Waals surface area contributed by atoms with Crippen LogP contribution < -0.4 is 5.32 Å². The summed E-state index contributed by atoms with van der Waals surface area (Å²) in [5, 5.41) is 4.16. The number of fused-ring (bicyclic) bond motifs is 1. The number of halogens is 1. The maximum atomic E-state index is 13.3. The van der Waals surface area contributed by atoms with Crippen molar-refractivity contribution in [1.29, 1.82) is 0 Å². The van der Waals surface area contributed by atoms with E-state index in [2.05, 4.69) is 22.2 Å². The lowest BCUT2D eigenvalue weighted by Crippen LogP contribution is -2.23. The van der Waals surface area contributed by atoms with Crippen molar-refractivity contribution in [3.05, 3.63) is 60.1 Å². The molecule has 3 aromatic rings. The van der Waals surface area contributed by atoms with Gasteiger partial charge in [0.2, 0.25) is 0 Å². The van der Waals surface area contributed by atoms with Gasteiger partial charge in [0.15, 0.2) is 0 Å². The highest BCUT2D eigenvalue weighted by atomic mass is 19.1. The Kier molecular flexibility index (Phi) is 3.92. The molecule has 2 heterocycles. The van der Waals surface area contributed by atoms with Gasteiger partial charge in [-0.25, -0.2) is 14.4 Å². The molecule has 0 amide bonds. The summed E-state index contributed by atoms with van der Waals surface area (Å²) in [6.07, 6.45) is 6.01. The zero-order valence-electron chi connectivity index (χ0n) is 11.7. The Balaban J connectivity index is 2.01. The number of aromatic nitrogens is 2. The Morgan fingerprint density at radius 1 is 1.24 bits per heavy atom. The lowest BCUT2D eigenvalue weighted by Gasteiger charge is -2.15. The molecule has 0 spiro atoms. The second-order valence-corrected chi connectivity index (χ2v) is 4.89. The Bertz CT molecular complexity index is 727. The Hall–Kier alpha value is -2.27. The van der Waals surface area contributed by atoms with Gasteiger partial charge in [0, 0.05) is 23.3 Å². The van der Waals surface area contributed by atoms with E-state index in [4.69, 9.17) is 4.42 Å². The normalized spacial score (nSPS) is 12.7. The van der Waals surface area contributed by atoms with Crippen LogP contribution in [0, 0.1) is 5.82 Å². The fourth-order valence-electron chi connectivity index (χ4n) is 2.31. The second kappa shape index (κ2) is 6.01. The maximum Gasteiger partial charge on any atom is 0.134 e. The van der Waals surface area contributed by atoms with E-state index in [9.17, 15) is 4.39 Å². The van der Waals surface area contributed by atoms with Gasteiger partial charge in [-0.2, -0.15) is 0 Å². The van der Waals surface area contributed by atoms with E-state index in [0.29, 0.717) is 5.58 Å². The highest BCUT2D eigenvalue weighted by molar-refractivity contribution is 5.78. The zero-order chi connectivity index (χ0) is 14.7. The number of nitrogens with one attached hydrogen (secondary N) is 1. The topological polar surface area (TPSA) is 51.0 Å². The fourth-order valence-corrected chi connectivity index (χ4v) is 2.31. The zero-order valence-corrected chi connectivity index (χ0v) is 11.7. The second-order valence-electron chi connectivity index (χ2n) is 4.89. The van der Waals surface area contributed by atoms with Crippen molar-refractivity contribution in [3.63, 3.8) is 0 Å². The lowest BCUT2D eigenvalue weighted by molar-refractivity contribution is 0.468. The minimum Gasteiger partial charge on any atom is -0.459 e. The van der Waals surface area contributed by atoms with Crippen molar-refractivity contribution in [2.24, 2.45) is 0 Å². The Labute approximate surface area is 122 Å². The average molecular weight is 285 g/mol. The molecule has 0 fully saturated rings. The summed E-state index contributed by atoms with van der Waals surface area (Å²) in [5.41, 5.74) is 1.59. The average Bonchev–Trinajstić information content (AvgIpc) is 2.91. The van der Waals surface area contributed by atoms with Gasteiger partial charge in [-0.15, -0.1) is 0 Å². The van der Waals surface area contributed by atoms with Gasteiger partial charge in [-0.3, -0.25) is 0 Å². The van der Waals surface area contributed by atoms with Crippen LogP contribution in [0.4, 0.5) is 4.39 Å². The molecular weight excluding hydrogens is 269 g/mol. The Morgan fingerprint density at radius 3 is 2.81 bits per heavy atom. The summed E-state index contributed by atoms with van der Waals surface area (Å²) < 4.78 is 19.1. The van der Waals surface area contributed by atoms with Crippen molar-refractivity contribution < 1.29 is 8.81 Å². The molecule has 0 saturated carbocycles. The lowest BCUT2D eigenvalue weighted by atomic mass is 10.1. The van der Waals surface area contributed by atoms with Gasteiger partial charge in [-0.1, -0.05) is 6.92 Å². The third-order valence-electron chi connectivity index (χ3n) is 3.29. The van der Waals surface area contributed by atoms with Crippen molar-refractivity contribution in [2.75, 3.05) is 6.54 Å². The molecule has 0 aliphatic heterocycles. The van der Waals surface area contributed by atoms with E-state index >= 15 is 0 Å². The molecule has 3 rings (SSSR count). The minimum atomic E-state index is -0.268. The molecule has 1 aromatic carbocycles. The molecule has 0 radical (unpaired) electrons. The monoisotopic (exact) mass is 285 g/mol. The van der Waals surface area contributed by atoms with Crippen LogP contribution in [0.2, 0.25) is 0 Å². The molecule has 21 heavy (non-hydrogen) atoms. The molecule has 0 bridgehead atoms. The highest BCUT2D eigenvalue weighted by Gasteiger charge is 2.18. The van der Waals surface area contributed by atoms with Crippen LogP contribution in [0.1, 0.15) is 30.7 Å². The van der Waals surface area contributed by atoms with E-state index in [1.54, 1.807) is 18.5 Å².